The summed E-state index contributed by atoms with van der Waals surface area (Å²) in [6.07, 6.45) is 3.91. The fourth-order valence-electron chi connectivity index (χ4n) is 2.08. The molecule has 1 aromatic carbocycles. The number of anilines is 1. The standard InChI is InChI=1S/C14H20N2O4S/c1-4-14(5-2,21-3)9-15-11-7-6-10(13(17)18)8-12(11)16(19)20/h6-8,15H,4-5,9H2,1-3H3,(H,17,18). The number of nitrogens with one attached hydrogen (secondary N) is 1. The molecular weight excluding hydrogens is 292 g/mol. The van der Waals surface area contributed by atoms with Gasteiger partial charge in [0, 0.05) is 17.4 Å². The molecule has 21 heavy (non-hydrogen) atoms. The second-order valence-corrected chi connectivity index (χ2v) is 6.02. The summed E-state index contributed by atoms with van der Waals surface area (Å²) < 4.78 is 0.0132. The van der Waals surface area contributed by atoms with Crippen molar-refractivity contribution in [3.8, 4) is 0 Å². The third kappa shape index (κ3) is 4.10. The van der Waals surface area contributed by atoms with Crippen LogP contribution in [0.1, 0.15) is 37.0 Å². The third-order valence-corrected chi connectivity index (χ3v) is 5.35. The molecule has 0 spiro atoms. The lowest BCUT2D eigenvalue weighted by molar-refractivity contribution is -0.384. The number of carbonyl (C=O) groups is 1. The zero-order valence-corrected chi connectivity index (χ0v) is 13.2. The Balaban J connectivity index is 3.03. The topological polar surface area (TPSA) is 92.5 Å². The van der Waals surface area contributed by atoms with E-state index in [0.29, 0.717) is 12.2 Å². The normalized spacial score (nSPS) is 11.2. The Kier molecular flexibility index (Phi) is 6.02. The molecular formula is C14H20N2O4S. The molecule has 0 radical (unpaired) electrons. The van der Waals surface area contributed by atoms with E-state index in [9.17, 15) is 14.9 Å². The minimum absolute atomic E-state index is 0.0132. The van der Waals surface area contributed by atoms with Crippen molar-refractivity contribution in [2.75, 3.05) is 18.1 Å². The van der Waals surface area contributed by atoms with Gasteiger partial charge in [-0.1, -0.05) is 13.8 Å². The molecule has 0 fully saturated rings. The number of hydrogen-bond donors (Lipinski definition) is 2. The molecule has 1 aromatic rings. The van der Waals surface area contributed by atoms with E-state index in [2.05, 4.69) is 19.2 Å². The molecule has 2 N–H and O–H groups in total. The molecule has 0 unspecified atom stereocenters. The Morgan fingerprint density at radius 3 is 2.48 bits per heavy atom. The van der Waals surface area contributed by atoms with Crippen molar-refractivity contribution in [2.45, 2.75) is 31.4 Å². The molecule has 0 aromatic heterocycles. The van der Waals surface area contributed by atoms with Crippen LogP contribution in [0.15, 0.2) is 18.2 Å². The van der Waals surface area contributed by atoms with Crippen LogP contribution in [0.4, 0.5) is 11.4 Å². The first kappa shape index (κ1) is 17.3. The number of thioether (sulfide) groups is 1. The molecule has 116 valence electrons. The van der Waals surface area contributed by atoms with Gasteiger partial charge in [0.15, 0.2) is 0 Å². The van der Waals surface area contributed by atoms with Gasteiger partial charge >= 0.3 is 5.97 Å². The Labute approximate surface area is 128 Å². The van der Waals surface area contributed by atoms with E-state index in [1.54, 1.807) is 11.8 Å². The van der Waals surface area contributed by atoms with Crippen LogP contribution in [0.25, 0.3) is 0 Å². The largest absolute Gasteiger partial charge is 0.478 e. The van der Waals surface area contributed by atoms with Crippen molar-refractivity contribution in [3.63, 3.8) is 0 Å². The summed E-state index contributed by atoms with van der Waals surface area (Å²) in [4.78, 5) is 21.4. The maximum atomic E-state index is 11.1. The summed E-state index contributed by atoms with van der Waals surface area (Å²) >= 11 is 1.73. The van der Waals surface area contributed by atoms with Crippen LogP contribution in [0.3, 0.4) is 0 Å². The number of nitro groups is 1. The molecule has 0 aliphatic carbocycles. The Morgan fingerprint density at radius 1 is 1.43 bits per heavy atom. The quantitative estimate of drug-likeness (QED) is 0.562. The van der Waals surface area contributed by atoms with Crippen LogP contribution < -0.4 is 5.32 Å². The molecule has 0 amide bonds. The van der Waals surface area contributed by atoms with Gasteiger partial charge in [-0.3, -0.25) is 10.1 Å². The molecule has 0 bridgehead atoms. The Morgan fingerprint density at radius 2 is 2.05 bits per heavy atom. The van der Waals surface area contributed by atoms with Crippen molar-refractivity contribution in [1.82, 2.24) is 0 Å². The maximum absolute atomic E-state index is 11.1. The highest BCUT2D eigenvalue weighted by molar-refractivity contribution is 8.00. The van der Waals surface area contributed by atoms with Crippen molar-refractivity contribution in [3.05, 3.63) is 33.9 Å². The van der Waals surface area contributed by atoms with Crippen LogP contribution in [-0.2, 0) is 0 Å². The zero-order valence-electron chi connectivity index (χ0n) is 12.4. The summed E-state index contributed by atoms with van der Waals surface area (Å²) in [5, 5.41) is 23.1. The highest BCUT2D eigenvalue weighted by Crippen LogP contribution is 2.32. The number of aromatic carboxylic acids is 1. The van der Waals surface area contributed by atoms with E-state index in [-0.39, 0.29) is 16.0 Å². The number of rotatable bonds is 8. The predicted octanol–water partition coefficient (Wildman–Crippen LogP) is 3.63. The van der Waals surface area contributed by atoms with E-state index in [4.69, 9.17) is 5.11 Å². The fourth-order valence-corrected chi connectivity index (χ4v) is 2.88. The Hall–Kier alpha value is -1.76. The molecule has 6 nitrogen and oxygen atoms in total. The summed E-state index contributed by atoms with van der Waals surface area (Å²) in [6, 6.07) is 3.91. The van der Waals surface area contributed by atoms with Gasteiger partial charge in [-0.05, 0) is 31.2 Å². The lowest BCUT2D eigenvalue weighted by Gasteiger charge is -2.30. The van der Waals surface area contributed by atoms with Crippen molar-refractivity contribution >= 4 is 29.1 Å². The van der Waals surface area contributed by atoms with Crippen LogP contribution in [0.2, 0.25) is 0 Å². The van der Waals surface area contributed by atoms with Crippen LogP contribution in [0.5, 0.6) is 0 Å². The molecule has 0 saturated heterocycles. The molecule has 0 aliphatic rings. The summed E-state index contributed by atoms with van der Waals surface area (Å²) in [7, 11) is 0. The molecule has 0 saturated carbocycles. The lowest BCUT2D eigenvalue weighted by atomic mass is 10.0. The molecule has 7 heteroatoms. The van der Waals surface area contributed by atoms with Gasteiger partial charge in [-0.15, -0.1) is 0 Å². The van der Waals surface area contributed by atoms with E-state index in [0.717, 1.165) is 18.9 Å². The van der Waals surface area contributed by atoms with Crippen LogP contribution in [0, 0.1) is 10.1 Å². The average molecular weight is 312 g/mol. The predicted molar refractivity (Wildman–Crippen MR) is 85.4 cm³/mol. The number of benzene rings is 1. The minimum Gasteiger partial charge on any atom is -0.478 e. The second kappa shape index (κ2) is 7.31. The first-order chi connectivity index (χ1) is 9.89. The monoisotopic (exact) mass is 312 g/mol. The van der Waals surface area contributed by atoms with Gasteiger partial charge in [0.25, 0.3) is 5.69 Å². The smallest absolute Gasteiger partial charge is 0.335 e. The van der Waals surface area contributed by atoms with Gasteiger partial charge < -0.3 is 10.4 Å². The van der Waals surface area contributed by atoms with Gasteiger partial charge in [0.1, 0.15) is 5.69 Å². The van der Waals surface area contributed by atoms with Crippen molar-refractivity contribution in [2.24, 2.45) is 0 Å². The van der Waals surface area contributed by atoms with Crippen molar-refractivity contribution < 1.29 is 14.8 Å². The number of carboxylic acid groups (broad SMARTS) is 1. The maximum Gasteiger partial charge on any atom is 0.335 e. The summed E-state index contributed by atoms with van der Waals surface area (Å²) in [6.45, 7) is 4.77. The Bertz CT molecular complexity index is 521. The number of carboxylic acids is 1. The molecule has 1 rings (SSSR count). The average Bonchev–Trinajstić information content (AvgIpc) is 2.49. The fraction of sp³-hybridized carbons (Fsp3) is 0.500. The SMILES string of the molecule is CCC(CC)(CNc1ccc(C(=O)O)cc1[N+](=O)[O-])SC. The highest BCUT2D eigenvalue weighted by atomic mass is 32.2. The van der Waals surface area contributed by atoms with Gasteiger partial charge in [-0.25, -0.2) is 4.79 Å². The summed E-state index contributed by atoms with van der Waals surface area (Å²) in [5.41, 5.74) is 0.0526. The summed E-state index contributed by atoms with van der Waals surface area (Å²) in [5.74, 6) is -1.18. The minimum atomic E-state index is -1.18. The lowest BCUT2D eigenvalue weighted by Crippen LogP contribution is -2.32. The van der Waals surface area contributed by atoms with Gasteiger partial charge in [0.2, 0.25) is 0 Å². The van der Waals surface area contributed by atoms with E-state index in [1.165, 1.54) is 12.1 Å². The number of hydrogen-bond acceptors (Lipinski definition) is 5. The van der Waals surface area contributed by atoms with Crippen LogP contribution in [-0.4, -0.2) is 33.5 Å². The second-order valence-electron chi connectivity index (χ2n) is 4.74. The first-order valence-corrected chi connectivity index (χ1v) is 7.92. The molecule has 0 aliphatic heterocycles. The van der Waals surface area contributed by atoms with Gasteiger partial charge in [-0.2, -0.15) is 11.8 Å². The third-order valence-electron chi connectivity index (χ3n) is 3.76. The van der Waals surface area contributed by atoms with E-state index >= 15 is 0 Å². The molecule has 0 atom stereocenters. The number of nitro benzene ring substituents is 1. The van der Waals surface area contributed by atoms with Crippen LogP contribution >= 0.6 is 11.8 Å². The first-order valence-electron chi connectivity index (χ1n) is 6.70. The van der Waals surface area contributed by atoms with Crippen molar-refractivity contribution in [1.29, 1.82) is 0 Å². The van der Waals surface area contributed by atoms with Gasteiger partial charge in [0.05, 0.1) is 10.5 Å². The van der Waals surface area contributed by atoms with E-state index in [1.807, 2.05) is 6.26 Å². The molecule has 0 heterocycles. The van der Waals surface area contributed by atoms with E-state index < -0.39 is 10.9 Å². The zero-order chi connectivity index (χ0) is 16.0. The highest BCUT2D eigenvalue weighted by Gasteiger charge is 2.26. The number of nitrogens with zero attached hydrogens (tertiary/aromatic N) is 1.